The molecule has 1 aromatic rings. The molecule has 0 aromatic heterocycles. The molecule has 2 rings (SSSR count). The Bertz CT molecular complexity index is 541. The van der Waals surface area contributed by atoms with Crippen molar-refractivity contribution in [3.05, 3.63) is 29.8 Å². The van der Waals surface area contributed by atoms with E-state index in [0.717, 1.165) is 0 Å². The fourth-order valence-electron chi connectivity index (χ4n) is 1.58. The Morgan fingerprint density at radius 3 is 2.50 bits per heavy atom. The van der Waals surface area contributed by atoms with E-state index in [9.17, 15) is 14.4 Å². The summed E-state index contributed by atoms with van der Waals surface area (Å²) in [7, 11) is 0. The predicted octanol–water partition coefficient (Wildman–Crippen LogP) is -0.0456. The lowest BCUT2D eigenvalue weighted by Crippen LogP contribution is -2.37. The number of carbonyl (C=O) groups excluding carboxylic acids is 3. The van der Waals surface area contributed by atoms with E-state index in [1.165, 1.54) is 0 Å². The molecule has 1 aliphatic heterocycles. The summed E-state index contributed by atoms with van der Waals surface area (Å²) in [5, 5.41) is 13.5. The minimum atomic E-state index is -0.819. The number of amides is 2. The van der Waals surface area contributed by atoms with Gasteiger partial charge in [0, 0.05) is 12.1 Å². The predicted molar refractivity (Wildman–Crippen MR) is 61.3 cm³/mol. The van der Waals surface area contributed by atoms with Gasteiger partial charge in [0.15, 0.2) is 0 Å². The van der Waals surface area contributed by atoms with E-state index in [0.29, 0.717) is 11.3 Å². The molecule has 6 heteroatoms. The molecule has 1 fully saturated rings. The lowest BCUT2D eigenvalue weighted by Gasteiger charge is -2.09. The summed E-state index contributed by atoms with van der Waals surface area (Å²) in [4.78, 5) is 33.7. The first-order chi connectivity index (χ1) is 8.60. The molecule has 1 heterocycles. The number of anilines is 1. The van der Waals surface area contributed by atoms with Crippen LogP contribution in [-0.4, -0.2) is 23.6 Å². The average Bonchev–Trinajstić information content (AvgIpc) is 2.71. The van der Waals surface area contributed by atoms with Crippen LogP contribution < -0.4 is 10.6 Å². The summed E-state index contributed by atoms with van der Waals surface area (Å²) in [6, 6.07) is 7.42. The third-order valence-corrected chi connectivity index (χ3v) is 2.55. The van der Waals surface area contributed by atoms with E-state index in [1.807, 2.05) is 6.07 Å². The molecular formula is C12H9N3O3. The van der Waals surface area contributed by atoms with Crippen LogP contribution in [0.1, 0.15) is 12.0 Å². The monoisotopic (exact) mass is 243 g/mol. The molecule has 6 nitrogen and oxygen atoms in total. The summed E-state index contributed by atoms with van der Waals surface area (Å²) in [6.07, 6.45) is -0.124. The number of ketones is 1. The van der Waals surface area contributed by atoms with Crippen LogP contribution >= 0.6 is 0 Å². The van der Waals surface area contributed by atoms with Gasteiger partial charge in [-0.25, -0.2) is 0 Å². The standard InChI is InChI=1S/C12H9N3O3/c13-6-7-1-3-8(4-2-7)14-11(17)9-5-10(16)12(18)15-9/h1-4,9H,5H2,(H,14,17)(H,15,18). The maximum atomic E-state index is 11.7. The molecule has 0 saturated carbocycles. The van der Waals surface area contributed by atoms with Crippen molar-refractivity contribution in [1.82, 2.24) is 5.32 Å². The second-order valence-electron chi connectivity index (χ2n) is 3.83. The highest BCUT2D eigenvalue weighted by molar-refractivity contribution is 6.39. The second kappa shape index (κ2) is 4.67. The Labute approximate surface area is 103 Å². The summed E-state index contributed by atoms with van der Waals surface area (Å²) in [5.41, 5.74) is 0.991. The van der Waals surface area contributed by atoms with Crippen molar-refractivity contribution >= 4 is 23.3 Å². The van der Waals surface area contributed by atoms with Gasteiger partial charge in [0.25, 0.3) is 5.91 Å². The Kier molecular flexibility index (Phi) is 3.06. The first-order valence-electron chi connectivity index (χ1n) is 5.25. The smallest absolute Gasteiger partial charge is 0.288 e. The van der Waals surface area contributed by atoms with Crippen LogP contribution in [0.25, 0.3) is 0 Å². The topological polar surface area (TPSA) is 99.1 Å². The van der Waals surface area contributed by atoms with Crippen molar-refractivity contribution in [1.29, 1.82) is 5.26 Å². The maximum absolute atomic E-state index is 11.7. The zero-order chi connectivity index (χ0) is 13.1. The highest BCUT2D eigenvalue weighted by atomic mass is 16.2. The first kappa shape index (κ1) is 11.8. The number of nitrogens with zero attached hydrogens (tertiary/aromatic N) is 1. The molecule has 0 aliphatic carbocycles. The average molecular weight is 243 g/mol. The van der Waals surface area contributed by atoms with Crippen LogP contribution in [0.4, 0.5) is 5.69 Å². The van der Waals surface area contributed by atoms with Crippen molar-refractivity contribution in [3.8, 4) is 6.07 Å². The molecule has 1 atom stereocenters. The third-order valence-electron chi connectivity index (χ3n) is 2.55. The quantitative estimate of drug-likeness (QED) is 0.711. The molecule has 0 spiro atoms. The van der Waals surface area contributed by atoms with Crippen LogP contribution in [0.3, 0.4) is 0 Å². The lowest BCUT2D eigenvalue weighted by molar-refractivity contribution is -0.135. The van der Waals surface area contributed by atoms with E-state index >= 15 is 0 Å². The molecule has 0 radical (unpaired) electrons. The number of rotatable bonds is 2. The molecule has 1 aromatic carbocycles. The molecule has 2 N–H and O–H groups in total. The summed E-state index contributed by atoms with van der Waals surface area (Å²) < 4.78 is 0. The summed E-state index contributed by atoms with van der Waals surface area (Å²) in [6.45, 7) is 0. The molecule has 0 bridgehead atoms. The van der Waals surface area contributed by atoms with Gasteiger partial charge in [0.2, 0.25) is 11.7 Å². The second-order valence-corrected chi connectivity index (χ2v) is 3.83. The van der Waals surface area contributed by atoms with Crippen LogP contribution in [0.2, 0.25) is 0 Å². The van der Waals surface area contributed by atoms with E-state index in [4.69, 9.17) is 5.26 Å². The number of hydrogen-bond donors (Lipinski definition) is 2. The minimum absolute atomic E-state index is 0.124. The van der Waals surface area contributed by atoms with Gasteiger partial charge in [-0.2, -0.15) is 5.26 Å². The van der Waals surface area contributed by atoms with Gasteiger partial charge in [-0.3, -0.25) is 14.4 Å². The van der Waals surface area contributed by atoms with Gasteiger partial charge < -0.3 is 10.6 Å². The highest BCUT2D eigenvalue weighted by Crippen LogP contribution is 2.11. The summed E-state index contributed by atoms with van der Waals surface area (Å²) >= 11 is 0. The number of benzene rings is 1. The Hall–Kier alpha value is -2.68. The van der Waals surface area contributed by atoms with E-state index in [2.05, 4.69) is 10.6 Å². The molecule has 2 amide bonds. The van der Waals surface area contributed by atoms with E-state index in [-0.39, 0.29) is 6.42 Å². The Morgan fingerprint density at radius 2 is 2.00 bits per heavy atom. The lowest BCUT2D eigenvalue weighted by atomic mass is 10.2. The number of carbonyl (C=O) groups is 3. The van der Waals surface area contributed by atoms with Crippen molar-refractivity contribution in [2.45, 2.75) is 12.5 Å². The van der Waals surface area contributed by atoms with Crippen molar-refractivity contribution < 1.29 is 14.4 Å². The summed E-state index contributed by atoms with van der Waals surface area (Å²) in [5.74, 6) is -1.76. The zero-order valence-electron chi connectivity index (χ0n) is 9.27. The molecule has 18 heavy (non-hydrogen) atoms. The van der Waals surface area contributed by atoms with E-state index in [1.54, 1.807) is 24.3 Å². The molecule has 90 valence electrons. The van der Waals surface area contributed by atoms with Gasteiger partial charge in [-0.05, 0) is 24.3 Å². The molecule has 1 aliphatic rings. The van der Waals surface area contributed by atoms with Crippen LogP contribution in [0, 0.1) is 11.3 Å². The number of hydrogen-bond acceptors (Lipinski definition) is 4. The SMILES string of the molecule is N#Cc1ccc(NC(=O)C2CC(=O)C(=O)N2)cc1. The Balaban J connectivity index is 2.01. The van der Waals surface area contributed by atoms with Gasteiger partial charge in [-0.1, -0.05) is 0 Å². The molecular weight excluding hydrogens is 234 g/mol. The first-order valence-corrected chi connectivity index (χ1v) is 5.25. The minimum Gasteiger partial charge on any atom is -0.337 e. The van der Waals surface area contributed by atoms with Crippen LogP contribution in [0.15, 0.2) is 24.3 Å². The number of nitrogens with one attached hydrogen (secondary N) is 2. The zero-order valence-corrected chi connectivity index (χ0v) is 9.27. The third kappa shape index (κ3) is 2.35. The van der Waals surface area contributed by atoms with Crippen LogP contribution in [0.5, 0.6) is 0 Å². The van der Waals surface area contributed by atoms with Gasteiger partial charge >= 0.3 is 0 Å². The number of Topliss-reactive ketones (excluding diaryl/α,β-unsaturated/α-hetero) is 1. The molecule has 1 unspecified atom stereocenters. The van der Waals surface area contributed by atoms with Crippen LogP contribution in [-0.2, 0) is 14.4 Å². The fraction of sp³-hybridized carbons (Fsp3) is 0.167. The largest absolute Gasteiger partial charge is 0.337 e. The van der Waals surface area contributed by atoms with E-state index < -0.39 is 23.6 Å². The Morgan fingerprint density at radius 1 is 1.33 bits per heavy atom. The van der Waals surface area contributed by atoms with Crippen molar-refractivity contribution in [3.63, 3.8) is 0 Å². The molecule has 1 saturated heterocycles. The highest BCUT2D eigenvalue weighted by Gasteiger charge is 2.34. The maximum Gasteiger partial charge on any atom is 0.288 e. The normalized spacial score (nSPS) is 18.1. The van der Waals surface area contributed by atoms with Crippen molar-refractivity contribution in [2.24, 2.45) is 0 Å². The van der Waals surface area contributed by atoms with Gasteiger partial charge in [-0.15, -0.1) is 0 Å². The van der Waals surface area contributed by atoms with Gasteiger partial charge in [0.1, 0.15) is 6.04 Å². The van der Waals surface area contributed by atoms with Crippen molar-refractivity contribution in [2.75, 3.05) is 5.32 Å². The van der Waals surface area contributed by atoms with Gasteiger partial charge in [0.05, 0.1) is 11.6 Å². The number of nitriles is 1. The fourth-order valence-corrected chi connectivity index (χ4v) is 1.58.